The average Bonchev–Trinajstić information content (AvgIpc) is 2.04. The molecule has 1 radical (unpaired) electrons. The van der Waals surface area contributed by atoms with Crippen molar-refractivity contribution in [3.05, 3.63) is 29.6 Å². The highest BCUT2D eigenvalue weighted by Gasteiger charge is 1.95. The number of pyridine rings is 1. The molecule has 1 aromatic heterocycles. The number of hydrogen-bond acceptors (Lipinski definition) is 1. The molecule has 1 nitrogen and oxygen atoms in total. The van der Waals surface area contributed by atoms with Gasteiger partial charge in [-0.05, 0) is 24.5 Å². The molecule has 1 heteroatoms. The van der Waals surface area contributed by atoms with E-state index in [1.54, 1.807) is 6.20 Å². The Kier molecular flexibility index (Phi) is 2.43. The van der Waals surface area contributed by atoms with Gasteiger partial charge in [0.15, 0.2) is 0 Å². The van der Waals surface area contributed by atoms with E-state index in [4.69, 9.17) is 0 Å². The van der Waals surface area contributed by atoms with Gasteiger partial charge in [0.2, 0.25) is 0 Å². The first-order valence-electron chi connectivity index (χ1n) is 3.72. The number of aryl methyl sites for hydroxylation is 2. The zero-order valence-electron chi connectivity index (χ0n) is 6.52. The lowest BCUT2D eigenvalue weighted by atomic mass is 10.1. The summed E-state index contributed by atoms with van der Waals surface area (Å²) >= 11 is 0. The van der Waals surface area contributed by atoms with Crippen LogP contribution >= 0.6 is 0 Å². The lowest BCUT2D eigenvalue weighted by Crippen LogP contribution is -1.93. The van der Waals surface area contributed by atoms with Crippen LogP contribution in [0.5, 0.6) is 0 Å². The fraction of sp³-hybridized carbons (Fsp3) is 0.444. The molecule has 0 N–H and O–H groups in total. The molecule has 1 aromatic rings. The standard InChI is InChI=1S/C9H12N/c1-3-8-6-5-7-10-9(8)4-2/h6-7H,3-4H2,1-2H3. The fourth-order valence-corrected chi connectivity index (χ4v) is 1.04. The van der Waals surface area contributed by atoms with E-state index < -0.39 is 0 Å². The zero-order valence-corrected chi connectivity index (χ0v) is 6.52. The van der Waals surface area contributed by atoms with E-state index in [1.807, 2.05) is 6.07 Å². The lowest BCUT2D eigenvalue weighted by Gasteiger charge is -2.00. The van der Waals surface area contributed by atoms with Gasteiger partial charge in [-0.25, -0.2) is 0 Å². The van der Waals surface area contributed by atoms with Crippen LogP contribution in [0.3, 0.4) is 0 Å². The summed E-state index contributed by atoms with van der Waals surface area (Å²) in [6.45, 7) is 4.27. The maximum Gasteiger partial charge on any atom is 0.0433 e. The minimum atomic E-state index is 1.03. The molecule has 0 spiro atoms. The van der Waals surface area contributed by atoms with Gasteiger partial charge in [0, 0.05) is 18.0 Å². The van der Waals surface area contributed by atoms with Crippen molar-refractivity contribution in [1.82, 2.24) is 4.98 Å². The van der Waals surface area contributed by atoms with E-state index in [0.717, 1.165) is 12.8 Å². The van der Waals surface area contributed by atoms with Gasteiger partial charge in [0.05, 0.1) is 0 Å². The molecular formula is C9H12N. The molecule has 0 aliphatic carbocycles. The van der Waals surface area contributed by atoms with Crippen molar-refractivity contribution in [2.75, 3.05) is 0 Å². The Balaban J connectivity index is 2.96. The second kappa shape index (κ2) is 3.35. The molecule has 0 fully saturated rings. The molecule has 0 amide bonds. The van der Waals surface area contributed by atoms with Crippen molar-refractivity contribution in [3.8, 4) is 0 Å². The highest BCUT2D eigenvalue weighted by Crippen LogP contribution is 2.05. The van der Waals surface area contributed by atoms with E-state index in [0.29, 0.717) is 0 Å². The van der Waals surface area contributed by atoms with Gasteiger partial charge < -0.3 is 0 Å². The van der Waals surface area contributed by atoms with Crippen molar-refractivity contribution in [2.45, 2.75) is 26.7 Å². The van der Waals surface area contributed by atoms with Crippen LogP contribution in [0.4, 0.5) is 0 Å². The maximum absolute atomic E-state index is 4.21. The summed E-state index contributed by atoms with van der Waals surface area (Å²) in [6, 6.07) is 5.00. The first-order valence-corrected chi connectivity index (χ1v) is 3.72. The molecule has 0 saturated heterocycles. The Morgan fingerprint density at radius 3 is 2.70 bits per heavy atom. The lowest BCUT2D eigenvalue weighted by molar-refractivity contribution is 0.963. The number of nitrogens with zero attached hydrogens (tertiary/aromatic N) is 1. The van der Waals surface area contributed by atoms with Crippen molar-refractivity contribution in [1.29, 1.82) is 0 Å². The quantitative estimate of drug-likeness (QED) is 0.603. The van der Waals surface area contributed by atoms with Crippen LogP contribution in [0.2, 0.25) is 0 Å². The summed E-state index contributed by atoms with van der Waals surface area (Å²) in [4.78, 5) is 4.21. The fourth-order valence-electron chi connectivity index (χ4n) is 1.04. The number of rotatable bonds is 2. The second-order valence-electron chi connectivity index (χ2n) is 2.25. The molecule has 0 aliphatic heterocycles. The Hall–Kier alpha value is -0.850. The zero-order chi connectivity index (χ0) is 7.40. The first kappa shape index (κ1) is 7.26. The molecule has 0 bridgehead atoms. The highest BCUT2D eigenvalue weighted by molar-refractivity contribution is 5.18. The molecule has 0 aliphatic rings. The third kappa shape index (κ3) is 1.35. The number of hydrogen-bond donors (Lipinski definition) is 0. The summed E-state index contributed by atoms with van der Waals surface area (Å²) in [6.07, 6.45) is 3.82. The van der Waals surface area contributed by atoms with Gasteiger partial charge in [-0.2, -0.15) is 0 Å². The van der Waals surface area contributed by atoms with Gasteiger partial charge >= 0.3 is 0 Å². The van der Waals surface area contributed by atoms with E-state index >= 15 is 0 Å². The van der Waals surface area contributed by atoms with Gasteiger partial charge in [-0.3, -0.25) is 4.98 Å². The molecule has 0 unspecified atom stereocenters. The minimum Gasteiger partial charge on any atom is -0.260 e. The van der Waals surface area contributed by atoms with E-state index in [9.17, 15) is 0 Å². The first-order chi connectivity index (χ1) is 4.88. The Morgan fingerprint density at radius 2 is 2.20 bits per heavy atom. The van der Waals surface area contributed by atoms with Crippen LogP contribution in [0.15, 0.2) is 12.3 Å². The van der Waals surface area contributed by atoms with Crippen molar-refractivity contribution in [3.63, 3.8) is 0 Å². The van der Waals surface area contributed by atoms with Crippen LogP contribution in [-0.4, -0.2) is 4.98 Å². The monoisotopic (exact) mass is 134 g/mol. The van der Waals surface area contributed by atoms with Crippen molar-refractivity contribution < 1.29 is 0 Å². The normalized spacial score (nSPS) is 9.80. The topological polar surface area (TPSA) is 12.9 Å². The van der Waals surface area contributed by atoms with Crippen LogP contribution < -0.4 is 0 Å². The Morgan fingerprint density at radius 1 is 1.40 bits per heavy atom. The Bertz CT molecular complexity index is 183. The molecule has 1 heterocycles. The van der Waals surface area contributed by atoms with Gasteiger partial charge in [-0.15, -0.1) is 0 Å². The van der Waals surface area contributed by atoms with Crippen LogP contribution in [0.1, 0.15) is 25.1 Å². The highest BCUT2D eigenvalue weighted by atomic mass is 14.7. The third-order valence-corrected chi connectivity index (χ3v) is 1.64. The predicted octanol–water partition coefficient (Wildman–Crippen LogP) is 2.01. The summed E-state index contributed by atoms with van der Waals surface area (Å²) < 4.78 is 0. The van der Waals surface area contributed by atoms with E-state index in [1.165, 1.54) is 11.3 Å². The second-order valence-corrected chi connectivity index (χ2v) is 2.25. The Labute approximate surface area is 62.1 Å². The average molecular weight is 134 g/mol. The predicted molar refractivity (Wildman–Crippen MR) is 41.8 cm³/mol. The van der Waals surface area contributed by atoms with Gasteiger partial charge in [0.1, 0.15) is 0 Å². The summed E-state index contributed by atoms with van der Waals surface area (Å²) in [7, 11) is 0. The molecule has 53 valence electrons. The molecule has 10 heavy (non-hydrogen) atoms. The van der Waals surface area contributed by atoms with Crippen molar-refractivity contribution in [2.24, 2.45) is 0 Å². The molecule has 0 aromatic carbocycles. The van der Waals surface area contributed by atoms with E-state index in [2.05, 4.69) is 24.9 Å². The largest absolute Gasteiger partial charge is 0.260 e. The smallest absolute Gasteiger partial charge is 0.0433 e. The van der Waals surface area contributed by atoms with Crippen LogP contribution in [0.25, 0.3) is 0 Å². The van der Waals surface area contributed by atoms with Gasteiger partial charge in [0.25, 0.3) is 0 Å². The maximum atomic E-state index is 4.21. The summed E-state index contributed by atoms with van der Waals surface area (Å²) in [5, 5.41) is 0. The van der Waals surface area contributed by atoms with Crippen LogP contribution in [0, 0.1) is 6.07 Å². The molecule has 0 saturated carbocycles. The molecule has 0 atom stereocenters. The van der Waals surface area contributed by atoms with Crippen LogP contribution in [-0.2, 0) is 12.8 Å². The molecule has 1 rings (SSSR count). The summed E-state index contributed by atoms with van der Waals surface area (Å²) in [5.41, 5.74) is 2.53. The van der Waals surface area contributed by atoms with Gasteiger partial charge in [-0.1, -0.05) is 13.8 Å². The SMILES string of the molecule is CCc1c[c]cnc1CC. The minimum absolute atomic E-state index is 1.03. The van der Waals surface area contributed by atoms with E-state index in [-0.39, 0.29) is 0 Å². The molecular weight excluding hydrogens is 122 g/mol. The number of aromatic nitrogens is 1. The third-order valence-electron chi connectivity index (χ3n) is 1.64. The summed E-state index contributed by atoms with van der Waals surface area (Å²) in [5.74, 6) is 0. The van der Waals surface area contributed by atoms with Crippen molar-refractivity contribution >= 4 is 0 Å².